The molecule has 0 bridgehead atoms. The van der Waals surface area contributed by atoms with Gasteiger partial charge >= 0.3 is 6.09 Å². The first-order valence-corrected chi connectivity index (χ1v) is 6.29. The van der Waals surface area contributed by atoms with Gasteiger partial charge in [0.05, 0.1) is 6.10 Å². The van der Waals surface area contributed by atoms with Crippen molar-refractivity contribution in [1.29, 1.82) is 0 Å². The van der Waals surface area contributed by atoms with Crippen LogP contribution in [0.5, 0.6) is 0 Å². The zero-order valence-corrected chi connectivity index (χ0v) is 12.5. The zero-order chi connectivity index (χ0) is 13.4. The number of carbonyl (C=O) groups excluding carboxylic acids is 1. The Morgan fingerprint density at radius 2 is 2.06 bits per heavy atom. The van der Waals surface area contributed by atoms with Crippen molar-refractivity contribution in [3.8, 4) is 0 Å². The van der Waals surface area contributed by atoms with Crippen LogP contribution in [0.4, 0.5) is 4.79 Å². The summed E-state index contributed by atoms with van der Waals surface area (Å²) in [5.74, 6) is 0. The molecule has 1 saturated heterocycles. The van der Waals surface area contributed by atoms with E-state index in [1.165, 1.54) is 0 Å². The molecule has 1 amide bonds. The van der Waals surface area contributed by atoms with Crippen molar-refractivity contribution in [2.45, 2.75) is 59.0 Å². The highest BCUT2D eigenvalue weighted by atomic mass is 28.1. The van der Waals surface area contributed by atoms with E-state index < -0.39 is 11.3 Å². The van der Waals surface area contributed by atoms with E-state index in [2.05, 4.69) is 9.85 Å². The number of ether oxygens (including phenoxy) is 2. The molecule has 0 unspecified atom stereocenters. The van der Waals surface area contributed by atoms with Crippen molar-refractivity contribution < 1.29 is 14.3 Å². The molecular formula is C12H21NO3Si. The highest BCUT2D eigenvalue weighted by Crippen LogP contribution is 2.25. The van der Waals surface area contributed by atoms with Crippen molar-refractivity contribution in [1.82, 2.24) is 4.90 Å². The molecule has 5 heteroatoms. The van der Waals surface area contributed by atoms with Gasteiger partial charge in [0.1, 0.15) is 11.3 Å². The van der Waals surface area contributed by atoms with Gasteiger partial charge in [0.15, 0.2) is 0 Å². The average Bonchev–Trinajstić information content (AvgIpc) is 2.07. The lowest BCUT2D eigenvalue weighted by molar-refractivity contribution is -0.146. The van der Waals surface area contributed by atoms with Crippen LogP contribution in [-0.4, -0.2) is 50.0 Å². The summed E-state index contributed by atoms with van der Waals surface area (Å²) >= 11 is 0. The van der Waals surface area contributed by atoms with Gasteiger partial charge in [-0.1, -0.05) is 0 Å². The van der Waals surface area contributed by atoms with Crippen LogP contribution in [0.15, 0.2) is 0 Å². The minimum absolute atomic E-state index is 0.0136. The molecule has 96 valence electrons. The molecule has 1 heterocycles. The fourth-order valence-electron chi connectivity index (χ4n) is 1.66. The zero-order valence-electron chi connectivity index (χ0n) is 11.5. The largest absolute Gasteiger partial charge is 0.444 e. The fraction of sp³-hybridized carbons (Fsp3) is 0.833. The van der Waals surface area contributed by atoms with Crippen LogP contribution in [0.2, 0.25) is 0 Å². The molecule has 2 radical (unpaired) electrons. The van der Waals surface area contributed by atoms with E-state index in [-0.39, 0.29) is 12.2 Å². The molecule has 0 aliphatic carbocycles. The molecule has 1 fully saturated rings. The van der Waals surface area contributed by atoms with E-state index in [1.807, 2.05) is 41.5 Å². The molecule has 0 aromatic heterocycles. The van der Waals surface area contributed by atoms with E-state index in [0.717, 1.165) is 5.17 Å². The van der Waals surface area contributed by atoms with Crippen LogP contribution < -0.4 is 0 Å². The molecule has 1 aliphatic rings. The molecule has 0 spiro atoms. The van der Waals surface area contributed by atoms with Gasteiger partial charge in [-0.3, -0.25) is 4.90 Å². The summed E-state index contributed by atoms with van der Waals surface area (Å²) in [6.07, 6.45) is -0.370. The third-order valence-electron chi connectivity index (χ3n) is 2.55. The Morgan fingerprint density at radius 3 is 2.53 bits per heavy atom. The second kappa shape index (κ2) is 4.53. The Labute approximate surface area is 106 Å². The molecule has 4 nitrogen and oxygen atoms in total. The summed E-state index contributed by atoms with van der Waals surface area (Å²) in [4.78, 5) is 13.7. The average molecular weight is 255 g/mol. The first-order valence-electron chi connectivity index (χ1n) is 5.79. The van der Waals surface area contributed by atoms with Crippen molar-refractivity contribution in [3.63, 3.8) is 0 Å². The van der Waals surface area contributed by atoms with E-state index in [1.54, 1.807) is 4.90 Å². The first-order chi connectivity index (χ1) is 7.53. The van der Waals surface area contributed by atoms with Crippen LogP contribution in [0, 0.1) is 0 Å². The predicted octanol–water partition coefficient (Wildman–Crippen LogP) is 1.72. The van der Waals surface area contributed by atoms with Gasteiger partial charge in [-0.2, -0.15) is 0 Å². The SMILES string of the molecule is C[C@H]1OC(C)(C)N(C(=O)OC(C)(C)C)CC1=[Si]. The maximum absolute atomic E-state index is 12.1. The summed E-state index contributed by atoms with van der Waals surface area (Å²) in [5.41, 5.74) is -1.15. The van der Waals surface area contributed by atoms with Crippen molar-refractivity contribution in [2.75, 3.05) is 6.54 Å². The van der Waals surface area contributed by atoms with Gasteiger partial charge in [0.2, 0.25) is 0 Å². The van der Waals surface area contributed by atoms with Gasteiger partial charge in [0, 0.05) is 16.4 Å². The molecule has 0 aromatic rings. The number of hydrogen-bond acceptors (Lipinski definition) is 3. The van der Waals surface area contributed by atoms with Crippen molar-refractivity contribution >= 4 is 21.1 Å². The van der Waals surface area contributed by atoms with Gasteiger partial charge in [-0.05, 0) is 46.7 Å². The Bertz CT molecular complexity index is 333. The van der Waals surface area contributed by atoms with E-state index >= 15 is 0 Å². The molecule has 0 N–H and O–H groups in total. The minimum Gasteiger partial charge on any atom is -0.444 e. The minimum atomic E-state index is -0.655. The highest BCUT2D eigenvalue weighted by Gasteiger charge is 2.40. The van der Waals surface area contributed by atoms with Gasteiger partial charge in [0.25, 0.3) is 0 Å². The van der Waals surface area contributed by atoms with Gasteiger partial charge in [-0.15, -0.1) is 0 Å². The number of nitrogens with zero attached hydrogens (tertiary/aromatic N) is 1. The standard InChI is InChI=1S/C12H21NO3Si/c1-8-9(17)7-13(12(5,6)15-8)10(14)16-11(2,3)4/h8H,7H2,1-6H3/t8-/m1/s1. The maximum Gasteiger partial charge on any atom is 0.412 e. The molecule has 0 saturated carbocycles. The third kappa shape index (κ3) is 3.64. The van der Waals surface area contributed by atoms with Crippen molar-refractivity contribution in [2.24, 2.45) is 0 Å². The number of amides is 1. The Balaban J connectivity index is 2.82. The second-order valence-electron chi connectivity index (χ2n) is 5.80. The molecule has 1 rings (SSSR count). The third-order valence-corrected chi connectivity index (χ3v) is 3.11. The molecular weight excluding hydrogens is 234 g/mol. The van der Waals surface area contributed by atoms with E-state index in [0.29, 0.717) is 6.54 Å². The Kier molecular flexibility index (Phi) is 3.83. The predicted molar refractivity (Wildman–Crippen MR) is 68.3 cm³/mol. The smallest absolute Gasteiger partial charge is 0.412 e. The van der Waals surface area contributed by atoms with E-state index in [4.69, 9.17) is 9.47 Å². The van der Waals surface area contributed by atoms with Crippen molar-refractivity contribution in [3.05, 3.63) is 0 Å². The second-order valence-corrected chi connectivity index (χ2v) is 6.44. The normalized spacial score (nSPS) is 24.7. The number of carbonyl (C=O) groups is 1. The summed E-state index contributed by atoms with van der Waals surface area (Å²) < 4.78 is 11.1. The number of hydrogen-bond donors (Lipinski definition) is 0. The number of rotatable bonds is 0. The molecule has 0 aromatic carbocycles. The quantitative estimate of drug-likeness (QED) is 0.619. The monoisotopic (exact) mass is 255 g/mol. The summed E-state index contributed by atoms with van der Waals surface area (Å²) in [6, 6.07) is 0. The van der Waals surface area contributed by atoms with Gasteiger partial charge in [-0.25, -0.2) is 4.79 Å². The summed E-state index contributed by atoms with van der Waals surface area (Å²) in [6.45, 7) is 11.7. The maximum atomic E-state index is 12.1. The van der Waals surface area contributed by atoms with Crippen LogP contribution in [0.3, 0.4) is 0 Å². The first kappa shape index (κ1) is 14.4. The van der Waals surface area contributed by atoms with E-state index in [9.17, 15) is 4.79 Å². The molecule has 1 aliphatic heterocycles. The van der Waals surface area contributed by atoms with Crippen LogP contribution in [0.25, 0.3) is 0 Å². The van der Waals surface area contributed by atoms with Gasteiger partial charge < -0.3 is 9.47 Å². The van der Waals surface area contributed by atoms with Crippen LogP contribution >= 0.6 is 0 Å². The lowest BCUT2D eigenvalue weighted by Gasteiger charge is -2.45. The summed E-state index contributed by atoms with van der Waals surface area (Å²) in [7, 11) is 3.49. The summed E-state index contributed by atoms with van der Waals surface area (Å²) in [5, 5.41) is 0.940. The Morgan fingerprint density at radius 1 is 1.53 bits per heavy atom. The van der Waals surface area contributed by atoms with Crippen LogP contribution in [0.1, 0.15) is 41.5 Å². The Hall–Kier alpha value is -0.683. The highest BCUT2D eigenvalue weighted by molar-refractivity contribution is 6.40. The molecule has 17 heavy (non-hydrogen) atoms. The molecule has 1 atom stereocenters. The lowest BCUT2D eigenvalue weighted by atomic mass is 10.1. The fourth-order valence-corrected chi connectivity index (χ4v) is 1.88. The van der Waals surface area contributed by atoms with Crippen LogP contribution in [-0.2, 0) is 9.47 Å². The lowest BCUT2D eigenvalue weighted by Crippen LogP contribution is -2.60. The topological polar surface area (TPSA) is 38.8 Å².